The van der Waals surface area contributed by atoms with Gasteiger partial charge in [-0.05, 0) is 62.7 Å². The minimum Gasteiger partial charge on any atom is -0.493 e. The predicted octanol–water partition coefficient (Wildman–Crippen LogP) is 6.08. The molecule has 0 spiro atoms. The number of ether oxygens (including phenoxy) is 4. The van der Waals surface area contributed by atoms with Crippen molar-refractivity contribution in [2.45, 2.75) is 26.9 Å². The molecule has 7 heteroatoms. The predicted molar refractivity (Wildman–Crippen MR) is 128 cm³/mol. The highest BCUT2D eigenvalue weighted by atomic mass is 32.1. The quantitative estimate of drug-likeness (QED) is 0.368. The molecular formula is C25H26N2O4S. The topological polar surface area (TPSA) is 73.6 Å². The lowest BCUT2D eigenvalue weighted by Gasteiger charge is -2.15. The van der Waals surface area contributed by atoms with Gasteiger partial charge in [0.25, 0.3) is 0 Å². The van der Waals surface area contributed by atoms with E-state index in [1.54, 1.807) is 20.3 Å². The lowest BCUT2D eigenvalue weighted by Crippen LogP contribution is -2.07. The standard InChI is InChI=1S/C25H26N2O4S/c1-6-30-24-12-17(7-9-22(24)31-16(2)3)11-19(14-26)25-27-20(15-32-25)18-8-10-21(28-4)23(13-18)29-5/h7-13,15-16H,6H2,1-5H3/b19-11+. The third kappa shape index (κ3) is 5.40. The fourth-order valence-electron chi connectivity index (χ4n) is 3.07. The third-order valence-electron chi connectivity index (χ3n) is 4.48. The summed E-state index contributed by atoms with van der Waals surface area (Å²) in [5.74, 6) is 2.61. The molecule has 0 saturated carbocycles. The van der Waals surface area contributed by atoms with Gasteiger partial charge in [0, 0.05) is 10.9 Å². The van der Waals surface area contributed by atoms with E-state index in [4.69, 9.17) is 18.9 Å². The van der Waals surface area contributed by atoms with Crippen LogP contribution in [0.4, 0.5) is 0 Å². The van der Waals surface area contributed by atoms with Crippen LogP contribution in [0.3, 0.4) is 0 Å². The summed E-state index contributed by atoms with van der Waals surface area (Å²) in [6.07, 6.45) is 1.84. The van der Waals surface area contributed by atoms with Gasteiger partial charge >= 0.3 is 0 Å². The van der Waals surface area contributed by atoms with E-state index >= 15 is 0 Å². The van der Waals surface area contributed by atoms with Gasteiger partial charge < -0.3 is 18.9 Å². The molecule has 166 valence electrons. The Morgan fingerprint density at radius 3 is 2.47 bits per heavy atom. The number of methoxy groups -OCH3 is 2. The maximum atomic E-state index is 9.77. The molecule has 2 aromatic carbocycles. The molecule has 0 bridgehead atoms. The van der Waals surface area contributed by atoms with Crippen molar-refractivity contribution in [1.29, 1.82) is 5.26 Å². The van der Waals surface area contributed by atoms with Crippen molar-refractivity contribution in [2.75, 3.05) is 20.8 Å². The van der Waals surface area contributed by atoms with Gasteiger partial charge in [-0.2, -0.15) is 5.26 Å². The van der Waals surface area contributed by atoms with Gasteiger partial charge in [0.05, 0.1) is 38.2 Å². The minimum atomic E-state index is 0.0376. The van der Waals surface area contributed by atoms with E-state index in [1.165, 1.54) is 11.3 Å². The molecule has 1 aromatic heterocycles. The summed E-state index contributed by atoms with van der Waals surface area (Å²) in [4.78, 5) is 4.67. The van der Waals surface area contributed by atoms with Crippen LogP contribution in [-0.4, -0.2) is 31.9 Å². The number of nitrogens with zero attached hydrogens (tertiary/aromatic N) is 2. The zero-order valence-electron chi connectivity index (χ0n) is 18.8. The summed E-state index contributed by atoms with van der Waals surface area (Å²) < 4.78 is 22.2. The molecule has 3 rings (SSSR count). The van der Waals surface area contributed by atoms with E-state index in [9.17, 15) is 5.26 Å². The first-order chi connectivity index (χ1) is 15.5. The first-order valence-corrected chi connectivity index (χ1v) is 11.1. The SMILES string of the molecule is CCOc1cc(/C=C(\C#N)c2nc(-c3ccc(OC)c(OC)c3)cs2)ccc1OC(C)C. The van der Waals surface area contributed by atoms with Crippen LogP contribution in [0.1, 0.15) is 31.3 Å². The molecule has 0 aliphatic rings. The van der Waals surface area contributed by atoms with Gasteiger partial charge in [0.2, 0.25) is 0 Å². The van der Waals surface area contributed by atoms with Gasteiger partial charge in [-0.3, -0.25) is 0 Å². The van der Waals surface area contributed by atoms with Crippen LogP contribution < -0.4 is 18.9 Å². The number of rotatable bonds is 9. The average Bonchev–Trinajstić information content (AvgIpc) is 3.28. The van der Waals surface area contributed by atoms with E-state index in [2.05, 4.69) is 11.1 Å². The Kier molecular flexibility index (Phi) is 7.74. The molecule has 1 heterocycles. The Labute approximate surface area is 192 Å². The minimum absolute atomic E-state index is 0.0376. The fourth-order valence-corrected chi connectivity index (χ4v) is 3.86. The second-order valence-corrected chi connectivity index (χ2v) is 7.94. The molecule has 6 nitrogen and oxygen atoms in total. The van der Waals surface area contributed by atoms with Crippen molar-refractivity contribution in [1.82, 2.24) is 4.98 Å². The number of hydrogen-bond donors (Lipinski definition) is 0. The molecule has 0 aliphatic heterocycles. The van der Waals surface area contributed by atoms with Crippen molar-refractivity contribution in [3.8, 4) is 40.3 Å². The van der Waals surface area contributed by atoms with Crippen LogP contribution >= 0.6 is 11.3 Å². The second kappa shape index (κ2) is 10.7. The lowest BCUT2D eigenvalue weighted by atomic mass is 10.1. The summed E-state index contributed by atoms with van der Waals surface area (Å²) in [5, 5.41) is 12.3. The van der Waals surface area contributed by atoms with E-state index in [0.29, 0.717) is 40.2 Å². The molecule has 0 radical (unpaired) electrons. The Morgan fingerprint density at radius 2 is 1.81 bits per heavy atom. The van der Waals surface area contributed by atoms with Gasteiger partial charge in [-0.25, -0.2) is 4.98 Å². The van der Waals surface area contributed by atoms with Crippen molar-refractivity contribution >= 4 is 23.0 Å². The van der Waals surface area contributed by atoms with Crippen LogP contribution in [0, 0.1) is 11.3 Å². The molecule has 0 aliphatic carbocycles. The Hall–Kier alpha value is -3.50. The fraction of sp³-hybridized carbons (Fsp3) is 0.280. The monoisotopic (exact) mass is 450 g/mol. The molecule has 0 N–H and O–H groups in total. The molecule has 0 amide bonds. The van der Waals surface area contributed by atoms with E-state index in [0.717, 1.165) is 16.8 Å². The lowest BCUT2D eigenvalue weighted by molar-refractivity contribution is 0.224. The molecule has 0 unspecified atom stereocenters. The molecule has 0 atom stereocenters. The Morgan fingerprint density at radius 1 is 1.06 bits per heavy atom. The normalized spacial score (nSPS) is 11.2. The largest absolute Gasteiger partial charge is 0.493 e. The van der Waals surface area contributed by atoms with Crippen molar-refractivity contribution in [3.05, 3.63) is 52.3 Å². The van der Waals surface area contributed by atoms with Gasteiger partial charge in [0.15, 0.2) is 23.0 Å². The highest BCUT2D eigenvalue weighted by molar-refractivity contribution is 7.11. The highest BCUT2D eigenvalue weighted by Gasteiger charge is 2.13. The zero-order chi connectivity index (χ0) is 23.1. The van der Waals surface area contributed by atoms with Crippen LogP contribution in [0.2, 0.25) is 0 Å². The average molecular weight is 451 g/mol. The molecule has 32 heavy (non-hydrogen) atoms. The number of hydrogen-bond acceptors (Lipinski definition) is 7. The number of nitriles is 1. The maximum Gasteiger partial charge on any atom is 0.161 e. The first kappa shape index (κ1) is 23.2. The Balaban J connectivity index is 1.92. The van der Waals surface area contributed by atoms with E-state index in [1.807, 2.05) is 62.5 Å². The molecular weight excluding hydrogens is 424 g/mol. The third-order valence-corrected chi connectivity index (χ3v) is 5.35. The van der Waals surface area contributed by atoms with Gasteiger partial charge in [-0.1, -0.05) is 6.07 Å². The van der Waals surface area contributed by atoms with Crippen molar-refractivity contribution in [3.63, 3.8) is 0 Å². The Bertz CT molecular complexity index is 1150. The highest BCUT2D eigenvalue weighted by Crippen LogP contribution is 2.35. The van der Waals surface area contributed by atoms with Crippen molar-refractivity contribution < 1.29 is 18.9 Å². The van der Waals surface area contributed by atoms with Gasteiger partial charge in [-0.15, -0.1) is 11.3 Å². The number of thiazole rings is 1. The number of aromatic nitrogens is 1. The molecule has 3 aromatic rings. The zero-order valence-corrected chi connectivity index (χ0v) is 19.7. The van der Waals surface area contributed by atoms with E-state index in [-0.39, 0.29) is 6.10 Å². The first-order valence-electron chi connectivity index (χ1n) is 10.2. The van der Waals surface area contributed by atoms with Crippen LogP contribution in [0.25, 0.3) is 22.9 Å². The van der Waals surface area contributed by atoms with Crippen LogP contribution in [0.5, 0.6) is 23.0 Å². The maximum absolute atomic E-state index is 9.77. The summed E-state index contributed by atoms with van der Waals surface area (Å²) in [6, 6.07) is 13.5. The summed E-state index contributed by atoms with van der Waals surface area (Å²) in [7, 11) is 3.19. The second-order valence-electron chi connectivity index (χ2n) is 7.08. The van der Waals surface area contributed by atoms with Crippen LogP contribution in [0.15, 0.2) is 41.8 Å². The van der Waals surface area contributed by atoms with Crippen LogP contribution in [-0.2, 0) is 0 Å². The summed E-state index contributed by atoms with van der Waals surface area (Å²) >= 11 is 1.42. The number of benzene rings is 2. The summed E-state index contributed by atoms with van der Waals surface area (Å²) in [6.45, 7) is 6.38. The summed E-state index contributed by atoms with van der Waals surface area (Å²) in [5.41, 5.74) is 2.96. The molecule has 0 saturated heterocycles. The smallest absolute Gasteiger partial charge is 0.161 e. The van der Waals surface area contributed by atoms with E-state index < -0.39 is 0 Å². The molecule has 0 fully saturated rings. The van der Waals surface area contributed by atoms with Crippen molar-refractivity contribution in [2.24, 2.45) is 0 Å². The van der Waals surface area contributed by atoms with Gasteiger partial charge in [0.1, 0.15) is 11.1 Å². The number of allylic oxidation sites excluding steroid dienone is 1.